The molecule has 58 valence electrons. The van der Waals surface area contributed by atoms with E-state index in [0.29, 0.717) is 9.13 Å². The first-order chi connectivity index (χ1) is 5.11. The van der Waals surface area contributed by atoms with Crippen molar-refractivity contribution >= 4 is 28.4 Å². The Kier molecular flexibility index (Phi) is 2.49. The van der Waals surface area contributed by atoms with E-state index >= 15 is 0 Å². The van der Waals surface area contributed by atoms with Crippen LogP contribution in [0.4, 0.5) is 0 Å². The molecule has 11 heavy (non-hydrogen) atoms. The van der Waals surface area contributed by atoms with Crippen LogP contribution < -0.4 is 5.11 Å². The van der Waals surface area contributed by atoms with E-state index in [9.17, 15) is 9.90 Å². The first-order valence-electron chi connectivity index (χ1n) is 3.09. The molecule has 3 heteroatoms. The van der Waals surface area contributed by atoms with Crippen LogP contribution in [-0.4, -0.2) is 5.78 Å². The van der Waals surface area contributed by atoms with Gasteiger partial charge in [-0.15, -0.1) is 0 Å². The van der Waals surface area contributed by atoms with E-state index in [1.165, 1.54) is 13.0 Å². The normalized spacial score (nSPS) is 9.64. The molecule has 0 fully saturated rings. The number of halogens is 1. The van der Waals surface area contributed by atoms with Crippen molar-refractivity contribution in [2.45, 2.75) is 6.92 Å². The Balaban J connectivity index is 3.15. The van der Waals surface area contributed by atoms with Gasteiger partial charge >= 0.3 is 0 Å². The molecule has 0 heterocycles. The summed E-state index contributed by atoms with van der Waals surface area (Å²) in [6.45, 7) is 1.48. The maximum Gasteiger partial charge on any atom is 0.159 e. The molecule has 0 aliphatic rings. The fourth-order valence-electron chi connectivity index (χ4n) is 0.720. The zero-order valence-corrected chi connectivity index (χ0v) is 8.08. The third kappa shape index (κ3) is 1.92. The summed E-state index contributed by atoms with van der Waals surface area (Å²) in [5, 5.41) is 10.9. The lowest BCUT2D eigenvalue weighted by Crippen LogP contribution is -1.97. The van der Waals surface area contributed by atoms with Gasteiger partial charge in [0, 0.05) is 9.13 Å². The van der Waals surface area contributed by atoms with E-state index in [0.717, 1.165) is 0 Å². The first-order valence-corrected chi connectivity index (χ1v) is 4.16. The molecule has 0 bridgehead atoms. The SMILES string of the molecule is CC(=O)c1ccc([O-])c(I)c1. The van der Waals surface area contributed by atoms with E-state index in [2.05, 4.69) is 0 Å². The fourth-order valence-corrected chi connectivity index (χ4v) is 1.24. The van der Waals surface area contributed by atoms with Crippen molar-refractivity contribution in [3.63, 3.8) is 0 Å². The third-order valence-corrected chi connectivity index (χ3v) is 2.18. The van der Waals surface area contributed by atoms with Crippen LogP contribution in [-0.2, 0) is 0 Å². The number of rotatable bonds is 1. The molecule has 0 saturated heterocycles. The molecule has 0 radical (unpaired) electrons. The van der Waals surface area contributed by atoms with Gasteiger partial charge < -0.3 is 5.11 Å². The Morgan fingerprint density at radius 3 is 2.64 bits per heavy atom. The molecule has 0 amide bonds. The van der Waals surface area contributed by atoms with Crippen LogP contribution in [0.2, 0.25) is 0 Å². The van der Waals surface area contributed by atoms with E-state index < -0.39 is 0 Å². The average molecular weight is 261 g/mol. The van der Waals surface area contributed by atoms with Crippen molar-refractivity contribution in [3.05, 3.63) is 27.3 Å². The monoisotopic (exact) mass is 261 g/mol. The van der Waals surface area contributed by atoms with Crippen LogP contribution >= 0.6 is 22.6 Å². The summed E-state index contributed by atoms with van der Waals surface area (Å²) in [5.74, 6) is -0.0430. The number of Topliss-reactive ketones (excluding diaryl/α,β-unsaturated/α-hetero) is 1. The van der Waals surface area contributed by atoms with Crippen LogP contribution in [0.5, 0.6) is 5.75 Å². The zero-order valence-electron chi connectivity index (χ0n) is 5.93. The summed E-state index contributed by atoms with van der Waals surface area (Å²) < 4.78 is 0.593. The Bertz CT molecular complexity index is 294. The molecule has 0 aromatic heterocycles. The lowest BCUT2D eigenvalue weighted by molar-refractivity contribution is -0.269. The highest BCUT2D eigenvalue weighted by Crippen LogP contribution is 2.17. The Morgan fingerprint density at radius 1 is 1.55 bits per heavy atom. The number of hydrogen-bond donors (Lipinski definition) is 0. The number of carbonyl (C=O) groups is 1. The lowest BCUT2D eigenvalue weighted by Gasteiger charge is -2.08. The van der Waals surface area contributed by atoms with Crippen LogP contribution in [0.15, 0.2) is 18.2 Å². The molecule has 2 nitrogen and oxygen atoms in total. The van der Waals surface area contributed by atoms with Crippen LogP contribution in [0.3, 0.4) is 0 Å². The van der Waals surface area contributed by atoms with Crippen LogP contribution in [0.25, 0.3) is 0 Å². The second-order valence-corrected chi connectivity index (χ2v) is 3.36. The molecular formula is C8H6IO2-. The highest BCUT2D eigenvalue weighted by atomic mass is 127. The largest absolute Gasteiger partial charge is 0.872 e. The predicted octanol–water partition coefficient (Wildman–Crippen LogP) is 1.57. The minimum atomic E-state index is -0.0319. The number of benzene rings is 1. The van der Waals surface area contributed by atoms with E-state index in [-0.39, 0.29) is 11.5 Å². The minimum Gasteiger partial charge on any atom is -0.872 e. The Labute approximate surface area is 78.4 Å². The summed E-state index contributed by atoms with van der Waals surface area (Å²) in [5.41, 5.74) is 0.592. The topological polar surface area (TPSA) is 40.1 Å². The van der Waals surface area contributed by atoms with Crippen LogP contribution in [0.1, 0.15) is 17.3 Å². The van der Waals surface area contributed by atoms with E-state index in [4.69, 9.17) is 0 Å². The molecule has 1 aromatic rings. The maximum atomic E-state index is 10.9. The summed E-state index contributed by atoms with van der Waals surface area (Å²) >= 11 is 1.92. The molecule has 1 aromatic carbocycles. The van der Waals surface area contributed by atoms with E-state index in [1.807, 2.05) is 22.6 Å². The minimum absolute atomic E-state index is 0.0112. The summed E-state index contributed by atoms with van der Waals surface area (Å²) in [4.78, 5) is 10.8. The predicted molar refractivity (Wildman–Crippen MR) is 48.6 cm³/mol. The number of carbonyl (C=O) groups excluding carboxylic acids is 1. The third-order valence-electron chi connectivity index (χ3n) is 1.34. The van der Waals surface area contributed by atoms with Gasteiger partial charge in [0.2, 0.25) is 0 Å². The van der Waals surface area contributed by atoms with Crippen molar-refractivity contribution in [2.24, 2.45) is 0 Å². The molecule has 0 saturated carbocycles. The molecule has 0 aliphatic carbocycles. The van der Waals surface area contributed by atoms with Crippen molar-refractivity contribution < 1.29 is 9.90 Å². The molecule has 0 unspecified atom stereocenters. The smallest absolute Gasteiger partial charge is 0.159 e. The molecule has 0 N–H and O–H groups in total. The summed E-state index contributed by atoms with van der Waals surface area (Å²) in [7, 11) is 0. The zero-order chi connectivity index (χ0) is 8.43. The molecule has 0 spiro atoms. The standard InChI is InChI=1S/C8H7IO2/c1-5(10)6-2-3-8(11)7(9)4-6/h2-4,11H,1H3/p-1. The van der Waals surface area contributed by atoms with Crippen molar-refractivity contribution in [1.29, 1.82) is 0 Å². The van der Waals surface area contributed by atoms with Crippen molar-refractivity contribution in [2.75, 3.05) is 0 Å². The molecule has 0 aliphatic heterocycles. The Hall–Kier alpha value is -0.580. The van der Waals surface area contributed by atoms with Gasteiger partial charge in [0.25, 0.3) is 0 Å². The second kappa shape index (κ2) is 3.21. The second-order valence-electron chi connectivity index (χ2n) is 2.20. The summed E-state index contributed by atoms with van der Waals surface area (Å²) in [6.07, 6.45) is 0. The van der Waals surface area contributed by atoms with Crippen LogP contribution in [0, 0.1) is 3.57 Å². The molecule has 0 atom stereocenters. The molecule has 1 rings (SSSR count). The highest BCUT2D eigenvalue weighted by molar-refractivity contribution is 14.1. The number of ketones is 1. The average Bonchev–Trinajstić information content (AvgIpc) is 1.94. The van der Waals surface area contributed by atoms with Crippen molar-refractivity contribution in [1.82, 2.24) is 0 Å². The van der Waals surface area contributed by atoms with Gasteiger partial charge in [0.15, 0.2) is 5.78 Å². The Morgan fingerprint density at radius 2 is 2.18 bits per heavy atom. The number of hydrogen-bond acceptors (Lipinski definition) is 2. The highest BCUT2D eigenvalue weighted by Gasteiger charge is 1.98. The van der Waals surface area contributed by atoms with Gasteiger partial charge in [0.05, 0.1) is 0 Å². The van der Waals surface area contributed by atoms with E-state index in [1.54, 1.807) is 12.1 Å². The first kappa shape index (κ1) is 8.52. The van der Waals surface area contributed by atoms with Gasteiger partial charge in [-0.3, -0.25) is 4.79 Å². The van der Waals surface area contributed by atoms with Gasteiger partial charge in [-0.05, 0) is 35.6 Å². The fraction of sp³-hybridized carbons (Fsp3) is 0.125. The molecular weight excluding hydrogens is 255 g/mol. The maximum absolute atomic E-state index is 10.9. The van der Waals surface area contributed by atoms with Gasteiger partial charge in [-0.1, -0.05) is 17.9 Å². The lowest BCUT2D eigenvalue weighted by atomic mass is 10.1. The van der Waals surface area contributed by atoms with Gasteiger partial charge in [-0.2, -0.15) is 0 Å². The van der Waals surface area contributed by atoms with Gasteiger partial charge in [-0.25, -0.2) is 0 Å². The van der Waals surface area contributed by atoms with Gasteiger partial charge in [0.1, 0.15) is 0 Å². The summed E-state index contributed by atoms with van der Waals surface area (Å²) in [6, 6.07) is 4.57. The van der Waals surface area contributed by atoms with Crippen molar-refractivity contribution in [3.8, 4) is 5.75 Å². The quantitative estimate of drug-likeness (QED) is 0.568.